The Morgan fingerprint density at radius 2 is 2.18 bits per heavy atom. The van der Waals surface area contributed by atoms with E-state index >= 15 is 0 Å². The number of hydroxylamine groups is 2. The molecule has 2 aliphatic heterocycles. The van der Waals surface area contributed by atoms with Crippen molar-refractivity contribution in [2.45, 2.75) is 19.6 Å². The zero-order valence-corrected chi connectivity index (χ0v) is 18.1. The molecule has 33 heavy (non-hydrogen) atoms. The molecule has 2 aromatic heterocycles. The highest BCUT2D eigenvalue weighted by atomic mass is 16.8. The summed E-state index contributed by atoms with van der Waals surface area (Å²) in [6, 6.07) is 1.87. The highest BCUT2D eigenvalue weighted by Gasteiger charge is 2.39. The number of anilines is 2. The van der Waals surface area contributed by atoms with Crippen LogP contribution in [0.25, 0.3) is 0 Å². The van der Waals surface area contributed by atoms with Crippen LogP contribution >= 0.6 is 0 Å². The minimum atomic E-state index is -0.749. The van der Waals surface area contributed by atoms with Crippen molar-refractivity contribution in [3.63, 3.8) is 0 Å². The van der Waals surface area contributed by atoms with Crippen LogP contribution in [-0.4, -0.2) is 61.8 Å². The highest BCUT2D eigenvalue weighted by molar-refractivity contribution is 5.72. The molecular formula is C19H22N10O4. The standard InChI is InChI=1S/C19H22N10O4/c1-3-4-8-28-14-15(24-18(28)26-6-5-7-27(12-26)33-21)25(2)19(31)29(17(14)30)32-16-13(9-20)10-22-11-23-16/h10-11,18,24H,5-8,12,21H2,1-2H3. The summed E-state index contributed by atoms with van der Waals surface area (Å²) < 4.78 is 1.83. The largest absolute Gasteiger partial charge is 0.366 e. The monoisotopic (exact) mass is 454 g/mol. The van der Waals surface area contributed by atoms with E-state index in [4.69, 9.17) is 15.7 Å². The van der Waals surface area contributed by atoms with Gasteiger partial charge in [-0.05, 0) is 13.3 Å². The summed E-state index contributed by atoms with van der Waals surface area (Å²) in [5.41, 5.74) is -1.29. The Kier molecular flexibility index (Phi) is 6.25. The number of nitriles is 1. The van der Waals surface area contributed by atoms with Crippen molar-refractivity contribution in [3.8, 4) is 23.8 Å². The van der Waals surface area contributed by atoms with Crippen molar-refractivity contribution >= 4 is 11.5 Å². The van der Waals surface area contributed by atoms with Gasteiger partial charge in [0.05, 0.1) is 19.4 Å². The first-order chi connectivity index (χ1) is 16.0. The Morgan fingerprint density at radius 3 is 2.91 bits per heavy atom. The van der Waals surface area contributed by atoms with Crippen molar-refractivity contribution in [1.82, 2.24) is 29.2 Å². The predicted molar refractivity (Wildman–Crippen MR) is 115 cm³/mol. The number of rotatable bonds is 5. The minimum Gasteiger partial charge on any atom is -0.345 e. The molecule has 4 rings (SSSR count). The third-order valence-electron chi connectivity index (χ3n) is 5.34. The number of hydrogen-bond donors (Lipinski definition) is 2. The van der Waals surface area contributed by atoms with E-state index in [0.29, 0.717) is 30.3 Å². The van der Waals surface area contributed by atoms with Gasteiger partial charge in [-0.3, -0.25) is 14.3 Å². The van der Waals surface area contributed by atoms with E-state index < -0.39 is 17.5 Å². The van der Waals surface area contributed by atoms with E-state index in [1.807, 2.05) is 11.0 Å². The molecule has 0 bridgehead atoms. The van der Waals surface area contributed by atoms with Gasteiger partial charge in [0.1, 0.15) is 23.8 Å². The van der Waals surface area contributed by atoms with E-state index in [1.54, 1.807) is 16.9 Å². The lowest BCUT2D eigenvalue weighted by Gasteiger charge is -2.40. The molecule has 1 fully saturated rings. The quantitative estimate of drug-likeness (QED) is 0.392. The van der Waals surface area contributed by atoms with Crippen molar-refractivity contribution in [2.24, 2.45) is 12.9 Å². The van der Waals surface area contributed by atoms with Gasteiger partial charge in [-0.2, -0.15) is 21.2 Å². The Morgan fingerprint density at radius 1 is 1.36 bits per heavy atom. The lowest BCUT2D eigenvalue weighted by molar-refractivity contribution is -0.204. The van der Waals surface area contributed by atoms with Crippen LogP contribution < -0.4 is 32.2 Å². The predicted octanol–water partition coefficient (Wildman–Crippen LogP) is -1.64. The molecule has 0 amide bonds. The maximum atomic E-state index is 13.5. The van der Waals surface area contributed by atoms with Gasteiger partial charge in [0.2, 0.25) is 0 Å². The summed E-state index contributed by atoms with van der Waals surface area (Å²) in [6.45, 7) is 3.66. The molecule has 0 aliphatic carbocycles. The summed E-state index contributed by atoms with van der Waals surface area (Å²) in [4.78, 5) is 48.2. The van der Waals surface area contributed by atoms with Gasteiger partial charge in [0, 0.05) is 20.1 Å². The number of nitrogens with zero attached hydrogens (tertiary/aromatic N) is 8. The lowest BCUT2D eigenvalue weighted by Crippen LogP contribution is -2.57. The number of hydrogen-bond acceptors (Lipinski definition) is 12. The fourth-order valence-corrected chi connectivity index (χ4v) is 3.75. The molecule has 1 saturated heterocycles. The molecule has 2 aliphatic rings. The summed E-state index contributed by atoms with van der Waals surface area (Å²) in [5.74, 6) is 11.3. The molecule has 1 atom stereocenters. The van der Waals surface area contributed by atoms with Crippen molar-refractivity contribution in [1.29, 1.82) is 5.26 Å². The topological polar surface area (TPSA) is 160 Å². The zero-order valence-electron chi connectivity index (χ0n) is 18.1. The van der Waals surface area contributed by atoms with Crippen LogP contribution in [0.15, 0.2) is 22.1 Å². The Balaban J connectivity index is 1.79. The van der Waals surface area contributed by atoms with Gasteiger partial charge in [-0.25, -0.2) is 14.7 Å². The van der Waals surface area contributed by atoms with Crippen molar-refractivity contribution < 1.29 is 9.78 Å². The first-order valence-electron chi connectivity index (χ1n) is 10.0. The molecule has 0 saturated carbocycles. The van der Waals surface area contributed by atoms with E-state index in [9.17, 15) is 14.9 Å². The van der Waals surface area contributed by atoms with Crippen LogP contribution in [0.3, 0.4) is 0 Å². The zero-order chi connectivity index (χ0) is 23.5. The van der Waals surface area contributed by atoms with Gasteiger partial charge in [-0.15, -0.1) is 5.92 Å². The normalized spacial score (nSPS) is 18.1. The average molecular weight is 454 g/mol. The summed E-state index contributed by atoms with van der Waals surface area (Å²) in [7, 11) is 1.51. The lowest BCUT2D eigenvalue weighted by atomic mass is 10.3. The molecule has 4 heterocycles. The smallest absolute Gasteiger partial charge is 0.345 e. The maximum Gasteiger partial charge on any atom is 0.366 e. The second-order valence-electron chi connectivity index (χ2n) is 7.27. The van der Waals surface area contributed by atoms with Gasteiger partial charge < -0.3 is 15.1 Å². The number of aromatic nitrogens is 4. The van der Waals surface area contributed by atoms with Crippen molar-refractivity contribution in [2.75, 3.05) is 36.5 Å². The van der Waals surface area contributed by atoms with E-state index in [2.05, 4.69) is 27.1 Å². The molecule has 0 aromatic carbocycles. The average Bonchev–Trinajstić information content (AvgIpc) is 3.24. The highest BCUT2D eigenvalue weighted by Crippen LogP contribution is 2.32. The minimum absolute atomic E-state index is 0.0214. The van der Waals surface area contributed by atoms with Crippen LogP contribution in [0, 0.1) is 23.2 Å². The third kappa shape index (κ3) is 3.99. The molecular weight excluding hydrogens is 432 g/mol. The molecule has 2 aromatic rings. The fourth-order valence-electron chi connectivity index (χ4n) is 3.75. The van der Waals surface area contributed by atoms with Gasteiger partial charge in [0.15, 0.2) is 12.0 Å². The van der Waals surface area contributed by atoms with Gasteiger partial charge in [0.25, 0.3) is 5.88 Å². The van der Waals surface area contributed by atoms with E-state index in [-0.39, 0.29) is 23.7 Å². The first-order valence-corrected chi connectivity index (χ1v) is 10.0. The third-order valence-corrected chi connectivity index (χ3v) is 5.34. The van der Waals surface area contributed by atoms with Crippen LogP contribution in [-0.2, 0) is 12.0 Å². The first kappa shape index (κ1) is 22.3. The van der Waals surface area contributed by atoms with E-state index in [1.165, 1.54) is 17.8 Å². The molecule has 14 heteroatoms. The Bertz CT molecular complexity index is 1270. The van der Waals surface area contributed by atoms with E-state index in [0.717, 1.165) is 12.7 Å². The fraction of sp³-hybridized carbons (Fsp3) is 0.421. The number of fused-ring (bicyclic) bond motifs is 1. The molecule has 3 N–H and O–H groups in total. The van der Waals surface area contributed by atoms with Crippen LogP contribution in [0.2, 0.25) is 0 Å². The van der Waals surface area contributed by atoms with Gasteiger partial charge in [-0.1, -0.05) is 10.7 Å². The molecule has 1 unspecified atom stereocenters. The summed E-state index contributed by atoms with van der Waals surface area (Å²) >= 11 is 0. The SMILES string of the molecule is CC#CCN1c2c(n(C)c(=O)n(Oc3ncncc3C#N)c2=O)NC1N1CCCN(ON)C1. The Labute approximate surface area is 188 Å². The summed E-state index contributed by atoms with van der Waals surface area (Å²) in [5, 5.41) is 14.1. The van der Waals surface area contributed by atoms with Crippen LogP contribution in [0.5, 0.6) is 5.88 Å². The second-order valence-corrected chi connectivity index (χ2v) is 7.27. The molecule has 14 nitrogen and oxygen atoms in total. The van der Waals surface area contributed by atoms with Crippen LogP contribution in [0.4, 0.5) is 11.5 Å². The molecule has 0 spiro atoms. The van der Waals surface area contributed by atoms with Crippen molar-refractivity contribution in [3.05, 3.63) is 38.9 Å². The maximum absolute atomic E-state index is 13.5. The van der Waals surface area contributed by atoms with Crippen LogP contribution in [0.1, 0.15) is 18.9 Å². The Hall–Kier alpha value is -3.95. The number of nitrogens with one attached hydrogen (secondary N) is 1. The number of nitrogens with two attached hydrogens (primary N) is 1. The second kappa shape index (κ2) is 9.27. The summed E-state index contributed by atoms with van der Waals surface area (Å²) in [6.07, 6.45) is 2.69. The molecule has 0 radical (unpaired) electrons. The van der Waals surface area contributed by atoms with Gasteiger partial charge >= 0.3 is 11.2 Å². The molecule has 172 valence electrons.